The van der Waals surface area contributed by atoms with Crippen LogP contribution in [-0.2, 0) is 9.59 Å². The molecule has 1 aliphatic rings. The van der Waals surface area contributed by atoms with Crippen LogP contribution in [0.2, 0.25) is 0 Å². The maximum Gasteiger partial charge on any atom is 0.339 e. The molecule has 1 aromatic rings. The van der Waals surface area contributed by atoms with E-state index in [0.717, 1.165) is 12.8 Å². The standard InChI is InChI=1S/C16H18O6/c17-9-14(18)11-4-3-7-13(8-11)22-10-16(21,15(19)20)12-5-1-2-6-12/h3-4,7-9,12,21H,1-2,5-6,10H2,(H,19,20). The lowest BCUT2D eigenvalue weighted by molar-refractivity contribution is -0.169. The van der Waals surface area contributed by atoms with E-state index >= 15 is 0 Å². The summed E-state index contributed by atoms with van der Waals surface area (Å²) in [6, 6.07) is 5.89. The summed E-state index contributed by atoms with van der Waals surface area (Å²) in [5.74, 6) is -2.09. The number of carbonyl (C=O) groups is 3. The summed E-state index contributed by atoms with van der Waals surface area (Å²) < 4.78 is 5.38. The van der Waals surface area contributed by atoms with Crippen molar-refractivity contribution in [2.75, 3.05) is 6.61 Å². The Kier molecular flexibility index (Phi) is 4.92. The molecular weight excluding hydrogens is 288 g/mol. The summed E-state index contributed by atoms with van der Waals surface area (Å²) in [7, 11) is 0. The van der Waals surface area contributed by atoms with Crippen LogP contribution in [-0.4, -0.2) is 40.5 Å². The number of Topliss-reactive ketones (excluding diaryl/α,β-unsaturated/α-hetero) is 1. The molecule has 0 aromatic heterocycles. The quantitative estimate of drug-likeness (QED) is 0.449. The van der Waals surface area contributed by atoms with Crippen molar-refractivity contribution < 1.29 is 29.3 Å². The maximum absolute atomic E-state index is 11.4. The fourth-order valence-corrected chi connectivity index (χ4v) is 2.76. The third kappa shape index (κ3) is 3.33. The third-order valence-electron chi connectivity index (χ3n) is 4.09. The molecule has 118 valence electrons. The molecule has 1 atom stereocenters. The number of ether oxygens (including phenoxy) is 1. The van der Waals surface area contributed by atoms with E-state index in [1.165, 1.54) is 18.2 Å². The Morgan fingerprint density at radius 1 is 1.32 bits per heavy atom. The summed E-state index contributed by atoms with van der Waals surface area (Å²) in [4.78, 5) is 33.2. The fourth-order valence-electron chi connectivity index (χ4n) is 2.76. The van der Waals surface area contributed by atoms with Gasteiger partial charge >= 0.3 is 5.97 Å². The van der Waals surface area contributed by atoms with E-state index in [-0.39, 0.29) is 23.5 Å². The van der Waals surface area contributed by atoms with Gasteiger partial charge in [-0.3, -0.25) is 9.59 Å². The minimum atomic E-state index is -1.94. The zero-order chi connectivity index (χ0) is 16.2. The molecule has 1 fully saturated rings. The monoisotopic (exact) mass is 306 g/mol. The van der Waals surface area contributed by atoms with Gasteiger partial charge in [-0.2, -0.15) is 0 Å². The highest BCUT2D eigenvalue weighted by atomic mass is 16.5. The Hall–Kier alpha value is -2.21. The van der Waals surface area contributed by atoms with Gasteiger partial charge in [0.1, 0.15) is 12.4 Å². The van der Waals surface area contributed by atoms with Crippen LogP contribution in [0, 0.1) is 5.92 Å². The van der Waals surface area contributed by atoms with E-state index in [1.54, 1.807) is 6.07 Å². The Morgan fingerprint density at radius 2 is 2.00 bits per heavy atom. The molecule has 0 bridgehead atoms. The SMILES string of the molecule is O=CC(=O)c1cccc(OCC(O)(C(=O)O)C2CCCC2)c1. The Bertz CT molecular complexity index is 576. The summed E-state index contributed by atoms with van der Waals surface area (Å²) >= 11 is 0. The molecule has 2 rings (SSSR count). The van der Waals surface area contributed by atoms with E-state index in [2.05, 4.69) is 0 Å². The molecule has 0 amide bonds. The molecule has 6 nitrogen and oxygen atoms in total. The van der Waals surface area contributed by atoms with E-state index in [1.807, 2.05) is 0 Å². The Balaban J connectivity index is 2.11. The second-order valence-corrected chi connectivity index (χ2v) is 5.51. The summed E-state index contributed by atoms with van der Waals surface area (Å²) in [5, 5.41) is 19.7. The van der Waals surface area contributed by atoms with E-state index in [9.17, 15) is 24.6 Å². The highest BCUT2D eigenvalue weighted by Gasteiger charge is 2.46. The number of ketones is 1. The first-order chi connectivity index (χ1) is 10.5. The van der Waals surface area contributed by atoms with Gasteiger partial charge in [0.2, 0.25) is 5.78 Å². The number of benzene rings is 1. The molecule has 2 N–H and O–H groups in total. The van der Waals surface area contributed by atoms with Crippen LogP contribution in [0.15, 0.2) is 24.3 Å². The van der Waals surface area contributed by atoms with Gasteiger partial charge in [-0.15, -0.1) is 0 Å². The van der Waals surface area contributed by atoms with Crippen LogP contribution in [0.4, 0.5) is 0 Å². The van der Waals surface area contributed by atoms with Gasteiger partial charge in [-0.05, 0) is 25.0 Å². The molecule has 0 spiro atoms. The van der Waals surface area contributed by atoms with Gasteiger partial charge in [0.15, 0.2) is 11.9 Å². The third-order valence-corrected chi connectivity index (χ3v) is 4.09. The minimum absolute atomic E-state index is 0.159. The number of aldehydes is 1. The summed E-state index contributed by atoms with van der Waals surface area (Å²) in [5.41, 5.74) is -1.78. The van der Waals surface area contributed by atoms with Crippen LogP contribution in [0.25, 0.3) is 0 Å². The van der Waals surface area contributed by atoms with Gasteiger partial charge in [0.25, 0.3) is 0 Å². The average molecular weight is 306 g/mol. The van der Waals surface area contributed by atoms with E-state index in [4.69, 9.17) is 4.74 Å². The molecule has 1 saturated carbocycles. The molecular formula is C16H18O6. The smallest absolute Gasteiger partial charge is 0.339 e. The van der Waals surface area contributed by atoms with Crippen molar-refractivity contribution in [1.29, 1.82) is 0 Å². The predicted octanol–water partition coefficient (Wildman–Crippen LogP) is 1.45. The summed E-state index contributed by atoms with van der Waals surface area (Å²) in [6.07, 6.45) is 3.28. The van der Waals surface area contributed by atoms with Crippen LogP contribution >= 0.6 is 0 Å². The molecule has 0 heterocycles. The van der Waals surface area contributed by atoms with E-state index < -0.39 is 24.0 Å². The molecule has 0 aliphatic heterocycles. The van der Waals surface area contributed by atoms with Gasteiger partial charge < -0.3 is 14.9 Å². The van der Waals surface area contributed by atoms with Crippen molar-refractivity contribution in [3.05, 3.63) is 29.8 Å². The van der Waals surface area contributed by atoms with Crippen molar-refractivity contribution in [3.8, 4) is 5.75 Å². The second-order valence-electron chi connectivity index (χ2n) is 5.51. The Morgan fingerprint density at radius 3 is 2.59 bits per heavy atom. The highest BCUT2D eigenvalue weighted by molar-refractivity contribution is 6.33. The molecule has 22 heavy (non-hydrogen) atoms. The van der Waals surface area contributed by atoms with E-state index in [0.29, 0.717) is 12.8 Å². The van der Waals surface area contributed by atoms with Crippen molar-refractivity contribution in [2.24, 2.45) is 5.92 Å². The molecule has 1 aromatic carbocycles. The molecule has 1 aliphatic carbocycles. The van der Waals surface area contributed by atoms with Crippen LogP contribution in [0.3, 0.4) is 0 Å². The van der Waals surface area contributed by atoms with Gasteiger partial charge in [0, 0.05) is 11.5 Å². The van der Waals surface area contributed by atoms with Crippen LogP contribution < -0.4 is 4.74 Å². The summed E-state index contributed by atoms with van der Waals surface area (Å²) in [6.45, 7) is -0.397. The first-order valence-electron chi connectivity index (χ1n) is 7.15. The zero-order valence-electron chi connectivity index (χ0n) is 12.0. The lowest BCUT2D eigenvalue weighted by Crippen LogP contribution is -2.50. The lowest BCUT2D eigenvalue weighted by atomic mass is 9.86. The fraction of sp³-hybridized carbons (Fsp3) is 0.438. The largest absolute Gasteiger partial charge is 0.490 e. The van der Waals surface area contributed by atoms with Crippen LogP contribution in [0.5, 0.6) is 5.75 Å². The predicted molar refractivity (Wildman–Crippen MR) is 76.9 cm³/mol. The number of rotatable bonds is 7. The van der Waals surface area contributed by atoms with Gasteiger partial charge in [-0.1, -0.05) is 25.0 Å². The first kappa shape index (κ1) is 16.2. The number of carboxylic acid groups (broad SMARTS) is 1. The number of carbonyl (C=O) groups excluding carboxylic acids is 2. The number of hydrogen-bond acceptors (Lipinski definition) is 5. The zero-order valence-corrected chi connectivity index (χ0v) is 12.0. The lowest BCUT2D eigenvalue weighted by Gasteiger charge is -2.29. The van der Waals surface area contributed by atoms with Crippen molar-refractivity contribution >= 4 is 18.0 Å². The molecule has 1 unspecified atom stereocenters. The molecule has 6 heteroatoms. The molecule has 0 radical (unpaired) electrons. The average Bonchev–Trinajstić information content (AvgIpc) is 3.06. The Labute approximate surface area is 127 Å². The minimum Gasteiger partial charge on any atom is -0.490 e. The van der Waals surface area contributed by atoms with Crippen molar-refractivity contribution in [3.63, 3.8) is 0 Å². The highest BCUT2D eigenvalue weighted by Crippen LogP contribution is 2.35. The van der Waals surface area contributed by atoms with Gasteiger partial charge in [-0.25, -0.2) is 4.79 Å². The molecule has 0 saturated heterocycles. The van der Waals surface area contributed by atoms with Crippen molar-refractivity contribution in [2.45, 2.75) is 31.3 Å². The number of hydrogen-bond donors (Lipinski definition) is 2. The first-order valence-corrected chi connectivity index (χ1v) is 7.15. The normalized spacial score (nSPS) is 17.7. The number of carboxylic acids is 1. The second kappa shape index (κ2) is 6.70. The topological polar surface area (TPSA) is 101 Å². The maximum atomic E-state index is 11.4. The number of aliphatic hydroxyl groups is 1. The van der Waals surface area contributed by atoms with Crippen molar-refractivity contribution in [1.82, 2.24) is 0 Å². The van der Waals surface area contributed by atoms with Gasteiger partial charge in [0.05, 0.1) is 0 Å². The van der Waals surface area contributed by atoms with Crippen LogP contribution in [0.1, 0.15) is 36.0 Å². The number of aliphatic carboxylic acids is 1.